The van der Waals surface area contributed by atoms with E-state index in [1.165, 1.54) is 0 Å². The van der Waals surface area contributed by atoms with Gasteiger partial charge in [-0.15, -0.1) is 0 Å². The Morgan fingerprint density at radius 2 is 2.13 bits per heavy atom. The average molecular weight is 201 g/mol. The van der Waals surface area contributed by atoms with Crippen LogP contribution in [0.15, 0.2) is 49.1 Å². The Bertz CT molecular complexity index is 381. The third-order valence-electron chi connectivity index (χ3n) is 2.41. The van der Waals surface area contributed by atoms with Crippen LogP contribution in [0.4, 0.5) is 5.69 Å². The van der Waals surface area contributed by atoms with Crippen LogP contribution < -0.4 is 5.32 Å². The van der Waals surface area contributed by atoms with Crippen LogP contribution in [0.1, 0.15) is 13.0 Å². The summed E-state index contributed by atoms with van der Waals surface area (Å²) in [4.78, 5) is 4.03. The van der Waals surface area contributed by atoms with Crippen LogP contribution in [0.5, 0.6) is 0 Å². The van der Waals surface area contributed by atoms with E-state index in [1.54, 1.807) is 6.20 Å². The molecule has 1 aromatic carbocycles. The van der Waals surface area contributed by atoms with Crippen molar-refractivity contribution >= 4 is 5.69 Å². The van der Waals surface area contributed by atoms with Crippen molar-refractivity contribution in [1.82, 2.24) is 9.55 Å². The van der Waals surface area contributed by atoms with Crippen molar-refractivity contribution in [1.29, 1.82) is 0 Å². The van der Waals surface area contributed by atoms with Gasteiger partial charge in [0, 0.05) is 30.7 Å². The monoisotopic (exact) mass is 201 g/mol. The number of aromatic nitrogens is 2. The summed E-state index contributed by atoms with van der Waals surface area (Å²) < 4.78 is 2.09. The summed E-state index contributed by atoms with van der Waals surface area (Å²) in [6.07, 6.45) is 5.63. The van der Waals surface area contributed by atoms with Gasteiger partial charge in [-0.05, 0) is 19.1 Å². The molecule has 0 bridgehead atoms. The lowest BCUT2D eigenvalue weighted by Crippen LogP contribution is -2.14. The van der Waals surface area contributed by atoms with E-state index < -0.39 is 0 Å². The van der Waals surface area contributed by atoms with Crippen molar-refractivity contribution in [3.63, 3.8) is 0 Å². The molecule has 0 radical (unpaired) electrons. The highest BCUT2D eigenvalue weighted by atomic mass is 15.1. The van der Waals surface area contributed by atoms with E-state index in [1.807, 2.05) is 30.7 Å². The minimum atomic E-state index is 0.410. The van der Waals surface area contributed by atoms with E-state index in [4.69, 9.17) is 0 Å². The number of hydrogen-bond acceptors (Lipinski definition) is 2. The third-order valence-corrected chi connectivity index (χ3v) is 2.41. The Morgan fingerprint density at radius 3 is 2.80 bits per heavy atom. The van der Waals surface area contributed by atoms with Crippen molar-refractivity contribution in [3.8, 4) is 0 Å². The van der Waals surface area contributed by atoms with Crippen molar-refractivity contribution in [2.45, 2.75) is 13.0 Å². The van der Waals surface area contributed by atoms with Crippen molar-refractivity contribution in [2.24, 2.45) is 0 Å². The second-order valence-corrected chi connectivity index (χ2v) is 3.61. The van der Waals surface area contributed by atoms with Crippen LogP contribution in [-0.4, -0.2) is 16.1 Å². The number of benzene rings is 1. The van der Waals surface area contributed by atoms with E-state index in [2.05, 4.69) is 33.9 Å². The predicted octanol–water partition coefficient (Wildman–Crippen LogP) is 2.56. The van der Waals surface area contributed by atoms with Gasteiger partial charge in [0.1, 0.15) is 0 Å². The summed E-state index contributed by atoms with van der Waals surface area (Å²) in [5.74, 6) is 0. The zero-order valence-corrected chi connectivity index (χ0v) is 8.80. The Labute approximate surface area is 89.8 Å². The fourth-order valence-electron chi connectivity index (χ4n) is 1.46. The minimum absolute atomic E-state index is 0.410. The van der Waals surface area contributed by atoms with Gasteiger partial charge in [-0.25, -0.2) is 4.98 Å². The maximum absolute atomic E-state index is 4.03. The molecule has 15 heavy (non-hydrogen) atoms. The number of para-hydroxylation sites is 1. The van der Waals surface area contributed by atoms with Gasteiger partial charge in [-0.1, -0.05) is 18.2 Å². The zero-order valence-electron chi connectivity index (χ0n) is 8.80. The highest BCUT2D eigenvalue weighted by molar-refractivity contribution is 5.42. The first kappa shape index (κ1) is 9.77. The van der Waals surface area contributed by atoms with E-state index in [9.17, 15) is 0 Å². The Hall–Kier alpha value is -1.77. The lowest BCUT2D eigenvalue weighted by molar-refractivity contribution is 0.573. The van der Waals surface area contributed by atoms with Gasteiger partial charge in [-0.3, -0.25) is 0 Å². The van der Waals surface area contributed by atoms with Crippen LogP contribution in [0.2, 0.25) is 0 Å². The van der Waals surface area contributed by atoms with Gasteiger partial charge in [0.15, 0.2) is 0 Å². The quantitative estimate of drug-likeness (QED) is 0.823. The van der Waals surface area contributed by atoms with E-state index in [0.29, 0.717) is 6.04 Å². The summed E-state index contributed by atoms with van der Waals surface area (Å²) in [7, 11) is 0. The second kappa shape index (κ2) is 4.64. The van der Waals surface area contributed by atoms with Crippen molar-refractivity contribution < 1.29 is 0 Å². The standard InChI is InChI=1S/C12H15N3/c1-11(15-8-7-13-10-15)9-14-12-5-3-2-4-6-12/h2-8,10-11,14H,9H2,1H3. The van der Waals surface area contributed by atoms with E-state index in [0.717, 1.165) is 12.2 Å². The highest BCUT2D eigenvalue weighted by Crippen LogP contribution is 2.09. The molecular formula is C12H15N3. The highest BCUT2D eigenvalue weighted by Gasteiger charge is 2.02. The average Bonchev–Trinajstić information content (AvgIpc) is 2.81. The molecule has 1 N–H and O–H groups in total. The molecule has 0 aliphatic rings. The molecule has 0 amide bonds. The van der Waals surface area contributed by atoms with Gasteiger partial charge >= 0.3 is 0 Å². The zero-order chi connectivity index (χ0) is 10.5. The molecule has 0 spiro atoms. The molecule has 2 rings (SSSR count). The molecule has 0 aliphatic carbocycles. The molecule has 0 saturated carbocycles. The maximum Gasteiger partial charge on any atom is 0.0949 e. The van der Waals surface area contributed by atoms with E-state index in [-0.39, 0.29) is 0 Å². The minimum Gasteiger partial charge on any atom is -0.383 e. The van der Waals surface area contributed by atoms with Gasteiger partial charge in [0.2, 0.25) is 0 Å². The van der Waals surface area contributed by atoms with Gasteiger partial charge < -0.3 is 9.88 Å². The molecule has 78 valence electrons. The second-order valence-electron chi connectivity index (χ2n) is 3.61. The molecule has 0 saturated heterocycles. The molecule has 1 atom stereocenters. The SMILES string of the molecule is CC(CNc1ccccc1)n1ccnc1. The molecule has 1 heterocycles. The summed E-state index contributed by atoms with van der Waals surface area (Å²) in [5.41, 5.74) is 1.16. The normalized spacial score (nSPS) is 12.3. The number of nitrogens with zero attached hydrogens (tertiary/aromatic N) is 2. The molecule has 1 unspecified atom stereocenters. The first-order chi connectivity index (χ1) is 7.36. The smallest absolute Gasteiger partial charge is 0.0949 e. The van der Waals surface area contributed by atoms with Gasteiger partial charge in [0.05, 0.1) is 6.33 Å². The molecule has 0 aliphatic heterocycles. The van der Waals surface area contributed by atoms with Gasteiger partial charge in [-0.2, -0.15) is 0 Å². The van der Waals surface area contributed by atoms with Crippen LogP contribution in [-0.2, 0) is 0 Å². The fraction of sp³-hybridized carbons (Fsp3) is 0.250. The van der Waals surface area contributed by atoms with Crippen molar-refractivity contribution in [2.75, 3.05) is 11.9 Å². The Morgan fingerprint density at radius 1 is 1.33 bits per heavy atom. The third kappa shape index (κ3) is 2.59. The lowest BCUT2D eigenvalue weighted by atomic mass is 10.3. The van der Waals surface area contributed by atoms with Crippen LogP contribution >= 0.6 is 0 Å². The summed E-state index contributed by atoms with van der Waals surface area (Å²) in [6.45, 7) is 3.07. The fourth-order valence-corrected chi connectivity index (χ4v) is 1.46. The first-order valence-corrected chi connectivity index (χ1v) is 5.12. The number of nitrogens with one attached hydrogen (secondary N) is 1. The van der Waals surface area contributed by atoms with Crippen molar-refractivity contribution in [3.05, 3.63) is 49.1 Å². The first-order valence-electron chi connectivity index (χ1n) is 5.12. The van der Waals surface area contributed by atoms with Crippen LogP contribution in [0.3, 0.4) is 0 Å². The van der Waals surface area contributed by atoms with E-state index >= 15 is 0 Å². The number of anilines is 1. The predicted molar refractivity (Wildman–Crippen MR) is 61.9 cm³/mol. The van der Waals surface area contributed by atoms with Gasteiger partial charge in [0.25, 0.3) is 0 Å². The summed E-state index contributed by atoms with van der Waals surface area (Å²) in [6, 6.07) is 10.6. The Balaban J connectivity index is 1.89. The van der Waals surface area contributed by atoms with Crippen LogP contribution in [0.25, 0.3) is 0 Å². The molecule has 0 fully saturated rings. The van der Waals surface area contributed by atoms with Crippen LogP contribution in [0, 0.1) is 0 Å². The number of rotatable bonds is 4. The molecule has 3 nitrogen and oxygen atoms in total. The number of hydrogen-bond donors (Lipinski definition) is 1. The maximum atomic E-state index is 4.03. The largest absolute Gasteiger partial charge is 0.383 e. The lowest BCUT2D eigenvalue weighted by Gasteiger charge is -2.14. The summed E-state index contributed by atoms with van der Waals surface area (Å²) in [5, 5.41) is 3.38. The molecular weight excluding hydrogens is 186 g/mol. The molecule has 1 aromatic heterocycles. The topological polar surface area (TPSA) is 29.9 Å². The Kier molecular flexibility index (Phi) is 3.02. The number of imidazole rings is 1. The summed E-state index contributed by atoms with van der Waals surface area (Å²) >= 11 is 0. The molecule has 3 heteroatoms. The molecule has 2 aromatic rings.